The number of carboxylic acids is 1. The Bertz CT molecular complexity index is 663. The van der Waals surface area contributed by atoms with Gasteiger partial charge in [0.15, 0.2) is 0 Å². The fraction of sp³-hybridized carbons (Fsp3) is 0.389. The van der Waals surface area contributed by atoms with E-state index in [-0.39, 0.29) is 24.8 Å². The van der Waals surface area contributed by atoms with Crippen molar-refractivity contribution in [2.45, 2.75) is 39.2 Å². The number of carboxylic acid groups (broad SMARTS) is 1. The van der Waals surface area contributed by atoms with Crippen molar-refractivity contribution in [3.63, 3.8) is 0 Å². The number of hydrogen-bond acceptors (Lipinski definition) is 3. The highest BCUT2D eigenvalue weighted by Crippen LogP contribution is 2.27. The third-order valence-corrected chi connectivity index (χ3v) is 3.81. The first kappa shape index (κ1) is 17.7. The normalized spacial score (nSPS) is 12.1. The minimum absolute atomic E-state index is 0.00727. The second kappa shape index (κ2) is 8.29. The summed E-state index contributed by atoms with van der Waals surface area (Å²) in [6.07, 6.45) is 6.08. The summed E-state index contributed by atoms with van der Waals surface area (Å²) in [5.41, 5.74) is 1.86. The van der Waals surface area contributed by atoms with Crippen molar-refractivity contribution < 1.29 is 14.7 Å². The van der Waals surface area contributed by atoms with E-state index < -0.39 is 5.97 Å². The van der Waals surface area contributed by atoms with E-state index in [1.807, 2.05) is 36.8 Å². The van der Waals surface area contributed by atoms with E-state index in [1.165, 1.54) is 0 Å². The van der Waals surface area contributed by atoms with Gasteiger partial charge < -0.3 is 15.0 Å². The van der Waals surface area contributed by atoms with Gasteiger partial charge in [-0.05, 0) is 30.0 Å². The summed E-state index contributed by atoms with van der Waals surface area (Å²) in [4.78, 5) is 26.4. The molecule has 24 heavy (non-hydrogen) atoms. The van der Waals surface area contributed by atoms with Crippen LogP contribution in [0.2, 0.25) is 0 Å². The summed E-state index contributed by atoms with van der Waals surface area (Å²) in [6.45, 7) is 4.31. The molecule has 0 saturated heterocycles. The number of benzene rings is 1. The zero-order valence-electron chi connectivity index (χ0n) is 14.0. The predicted octanol–water partition coefficient (Wildman–Crippen LogP) is 3.32. The van der Waals surface area contributed by atoms with Crippen LogP contribution in [-0.2, 0) is 9.59 Å². The van der Waals surface area contributed by atoms with Crippen LogP contribution >= 0.6 is 0 Å². The average molecular weight is 329 g/mol. The van der Waals surface area contributed by atoms with Gasteiger partial charge in [-0.1, -0.05) is 26.0 Å². The summed E-state index contributed by atoms with van der Waals surface area (Å²) < 4.78 is 2.07. The van der Waals surface area contributed by atoms with Gasteiger partial charge in [-0.3, -0.25) is 9.59 Å². The first-order valence-electron chi connectivity index (χ1n) is 8.06. The minimum Gasteiger partial charge on any atom is -0.481 e. The van der Waals surface area contributed by atoms with Gasteiger partial charge >= 0.3 is 5.97 Å². The van der Waals surface area contributed by atoms with Gasteiger partial charge in [0, 0.05) is 30.9 Å². The van der Waals surface area contributed by atoms with Gasteiger partial charge in [-0.2, -0.15) is 0 Å². The Balaban J connectivity index is 1.99. The number of hydrogen-bond donors (Lipinski definition) is 2. The van der Waals surface area contributed by atoms with E-state index in [0.717, 1.165) is 5.56 Å². The van der Waals surface area contributed by atoms with E-state index in [9.17, 15) is 9.59 Å². The average Bonchev–Trinajstić information content (AvgIpc) is 3.02. The Morgan fingerprint density at radius 1 is 1.21 bits per heavy atom. The quantitative estimate of drug-likeness (QED) is 0.778. The fourth-order valence-electron chi connectivity index (χ4n) is 2.72. The van der Waals surface area contributed by atoms with Gasteiger partial charge in [0.2, 0.25) is 5.91 Å². The molecule has 2 N–H and O–H groups in total. The largest absolute Gasteiger partial charge is 0.481 e. The summed E-state index contributed by atoms with van der Waals surface area (Å²) in [7, 11) is 0. The summed E-state index contributed by atoms with van der Waals surface area (Å²) in [6, 6.07) is 7.93. The van der Waals surface area contributed by atoms with Gasteiger partial charge in [0.25, 0.3) is 0 Å². The lowest BCUT2D eigenvalue weighted by Crippen LogP contribution is -2.16. The van der Waals surface area contributed by atoms with Crippen LogP contribution in [0, 0.1) is 5.92 Å². The zero-order chi connectivity index (χ0) is 17.5. The first-order valence-corrected chi connectivity index (χ1v) is 8.06. The lowest BCUT2D eigenvalue weighted by molar-refractivity contribution is -0.137. The van der Waals surface area contributed by atoms with Crippen molar-refractivity contribution in [3.8, 4) is 0 Å². The molecular weight excluding hydrogens is 306 g/mol. The molecule has 0 fully saturated rings. The molecule has 1 amide bonds. The highest BCUT2D eigenvalue weighted by molar-refractivity contribution is 5.90. The third-order valence-electron chi connectivity index (χ3n) is 3.81. The second-order valence-corrected chi connectivity index (χ2v) is 6.12. The van der Waals surface area contributed by atoms with Crippen LogP contribution in [0.5, 0.6) is 0 Å². The van der Waals surface area contributed by atoms with Gasteiger partial charge in [0.05, 0.1) is 12.4 Å². The van der Waals surface area contributed by atoms with Crippen molar-refractivity contribution in [3.05, 3.63) is 48.5 Å². The van der Waals surface area contributed by atoms with E-state index in [2.05, 4.69) is 28.7 Å². The van der Waals surface area contributed by atoms with Crippen molar-refractivity contribution in [1.29, 1.82) is 0 Å². The molecule has 0 aliphatic rings. The molecule has 0 aliphatic carbocycles. The van der Waals surface area contributed by atoms with Crippen molar-refractivity contribution >= 4 is 17.6 Å². The molecule has 0 bridgehead atoms. The lowest BCUT2D eigenvalue weighted by atomic mass is 9.95. The first-order chi connectivity index (χ1) is 11.5. The molecule has 128 valence electrons. The monoisotopic (exact) mass is 329 g/mol. The molecule has 2 rings (SSSR count). The van der Waals surface area contributed by atoms with Crippen molar-refractivity contribution in [1.82, 2.24) is 9.55 Å². The molecule has 1 unspecified atom stereocenters. The van der Waals surface area contributed by atoms with Crippen LogP contribution in [0.3, 0.4) is 0 Å². The van der Waals surface area contributed by atoms with Crippen LogP contribution in [0.4, 0.5) is 5.69 Å². The Labute approximate surface area is 141 Å². The SMILES string of the molecule is CC(C)C(c1ccc(NC(=O)CCCC(=O)O)cc1)n1ccnc1. The maximum Gasteiger partial charge on any atom is 0.303 e. The third kappa shape index (κ3) is 4.94. The molecule has 1 aromatic carbocycles. The minimum atomic E-state index is -0.883. The summed E-state index contributed by atoms with van der Waals surface area (Å²) in [5, 5.41) is 11.4. The van der Waals surface area contributed by atoms with E-state index >= 15 is 0 Å². The number of anilines is 1. The molecule has 6 nitrogen and oxygen atoms in total. The zero-order valence-corrected chi connectivity index (χ0v) is 14.0. The number of nitrogens with one attached hydrogen (secondary N) is 1. The van der Waals surface area contributed by atoms with E-state index in [0.29, 0.717) is 18.0 Å². The maximum atomic E-state index is 11.8. The summed E-state index contributed by atoms with van der Waals surface area (Å²) >= 11 is 0. The van der Waals surface area contributed by atoms with Crippen LogP contribution < -0.4 is 5.32 Å². The van der Waals surface area contributed by atoms with Gasteiger partial charge in [-0.15, -0.1) is 0 Å². The van der Waals surface area contributed by atoms with Crippen LogP contribution in [0.15, 0.2) is 43.0 Å². The number of imidazole rings is 1. The topological polar surface area (TPSA) is 84.2 Å². The number of aliphatic carboxylic acids is 1. The fourth-order valence-corrected chi connectivity index (χ4v) is 2.72. The number of amides is 1. The number of nitrogens with zero attached hydrogens (tertiary/aromatic N) is 2. The van der Waals surface area contributed by atoms with Gasteiger partial charge in [0.1, 0.15) is 0 Å². The number of carbonyl (C=O) groups excluding carboxylic acids is 1. The molecule has 0 spiro atoms. The number of aromatic nitrogens is 2. The van der Waals surface area contributed by atoms with Crippen molar-refractivity contribution in [2.75, 3.05) is 5.32 Å². The van der Waals surface area contributed by atoms with Crippen LogP contribution in [0.1, 0.15) is 44.7 Å². The highest BCUT2D eigenvalue weighted by atomic mass is 16.4. The molecule has 1 atom stereocenters. The lowest BCUT2D eigenvalue weighted by Gasteiger charge is -2.23. The molecule has 1 aromatic heterocycles. The second-order valence-electron chi connectivity index (χ2n) is 6.12. The predicted molar refractivity (Wildman–Crippen MR) is 91.8 cm³/mol. The van der Waals surface area contributed by atoms with E-state index in [4.69, 9.17) is 5.11 Å². The van der Waals surface area contributed by atoms with E-state index in [1.54, 1.807) is 6.20 Å². The maximum absolute atomic E-state index is 11.8. The molecule has 0 saturated carbocycles. The Morgan fingerprint density at radius 3 is 2.46 bits per heavy atom. The smallest absolute Gasteiger partial charge is 0.303 e. The van der Waals surface area contributed by atoms with Crippen LogP contribution in [0.25, 0.3) is 0 Å². The standard InChI is InChI=1S/C18H23N3O3/c1-13(2)18(21-11-10-19-12-21)14-6-8-15(9-7-14)20-16(22)4-3-5-17(23)24/h6-13,18H,3-5H2,1-2H3,(H,20,22)(H,23,24). The molecular formula is C18H23N3O3. The molecule has 1 heterocycles. The Kier molecular flexibility index (Phi) is 6.12. The molecule has 2 aromatic rings. The Morgan fingerprint density at radius 2 is 1.92 bits per heavy atom. The molecule has 6 heteroatoms. The molecule has 0 radical (unpaired) electrons. The number of carbonyl (C=O) groups is 2. The molecule has 0 aliphatic heterocycles. The number of rotatable bonds is 8. The van der Waals surface area contributed by atoms with Crippen LogP contribution in [-0.4, -0.2) is 26.5 Å². The van der Waals surface area contributed by atoms with Crippen molar-refractivity contribution in [2.24, 2.45) is 5.92 Å². The van der Waals surface area contributed by atoms with Gasteiger partial charge in [-0.25, -0.2) is 4.98 Å². The summed E-state index contributed by atoms with van der Waals surface area (Å²) in [5.74, 6) is -0.652. The highest BCUT2D eigenvalue weighted by Gasteiger charge is 2.17. The Hall–Kier alpha value is -2.63.